The van der Waals surface area contributed by atoms with E-state index in [4.69, 9.17) is 0 Å². The van der Waals surface area contributed by atoms with Gasteiger partial charge in [-0.15, -0.1) is 0 Å². The summed E-state index contributed by atoms with van der Waals surface area (Å²) in [6, 6.07) is 0. The van der Waals surface area contributed by atoms with Gasteiger partial charge in [0.1, 0.15) is 0 Å². The van der Waals surface area contributed by atoms with Crippen molar-refractivity contribution in [2.75, 3.05) is 0 Å². The summed E-state index contributed by atoms with van der Waals surface area (Å²) in [4.78, 5) is 0. The fourth-order valence-corrected chi connectivity index (χ4v) is 1.63. The first-order valence-electron chi connectivity index (χ1n) is 4.01. The van der Waals surface area contributed by atoms with Crippen molar-refractivity contribution in [1.29, 1.82) is 0 Å². The largest absolute Gasteiger partial charge is 0.393 e. The van der Waals surface area contributed by atoms with E-state index in [9.17, 15) is 5.11 Å². The van der Waals surface area contributed by atoms with Crippen LogP contribution in [0.2, 0.25) is 0 Å². The molecule has 1 saturated carbocycles. The zero-order valence-corrected chi connectivity index (χ0v) is 6.14. The number of rotatable bonds is 1. The fraction of sp³-hybridized carbons (Fsp3) is 1.00. The Balaban J connectivity index is 2.23. The molecule has 0 saturated heterocycles. The minimum Gasteiger partial charge on any atom is -0.393 e. The average molecular weight is 128 g/mol. The van der Waals surface area contributed by atoms with E-state index in [1.54, 1.807) is 0 Å². The number of aliphatic hydroxyl groups excluding tert-OH is 1. The maximum Gasteiger partial charge on any atom is 0.0542 e. The van der Waals surface area contributed by atoms with Crippen molar-refractivity contribution in [3.63, 3.8) is 0 Å². The Bertz CT molecular complexity index is 80.6. The molecule has 1 rings (SSSR count). The van der Waals surface area contributed by atoms with Gasteiger partial charge in [0.05, 0.1) is 6.10 Å². The maximum atomic E-state index is 9.21. The quantitative estimate of drug-likeness (QED) is 0.572. The molecular formula is C8H16O. The standard InChI is InChI=1S/C8H16O/c1-2-7-4-3-5-8(9)6-7/h7-9H,2-6H2,1H3. The van der Waals surface area contributed by atoms with E-state index in [0.29, 0.717) is 0 Å². The van der Waals surface area contributed by atoms with Gasteiger partial charge in [-0.05, 0) is 18.8 Å². The van der Waals surface area contributed by atoms with Crippen LogP contribution in [0, 0.1) is 5.92 Å². The first-order valence-corrected chi connectivity index (χ1v) is 4.01. The molecule has 0 amide bonds. The molecule has 0 radical (unpaired) electrons. The molecule has 0 spiro atoms. The third kappa shape index (κ3) is 1.98. The van der Waals surface area contributed by atoms with E-state index in [1.807, 2.05) is 0 Å². The molecule has 0 aliphatic heterocycles. The van der Waals surface area contributed by atoms with E-state index in [2.05, 4.69) is 6.92 Å². The zero-order chi connectivity index (χ0) is 6.69. The van der Waals surface area contributed by atoms with Crippen LogP contribution in [-0.4, -0.2) is 11.2 Å². The summed E-state index contributed by atoms with van der Waals surface area (Å²) < 4.78 is 0. The lowest BCUT2D eigenvalue weighted by atomic mass is 9.86. The van der Waals surface area contributed by atoms with Crippen LogP contribution in [0.4, 0.5) is 0 Å². The molecule has 2 unspecified atom stereocenters. The van der Waals surface area contributed by atoms with Crippen molar-refractivity contribution in [3.05, 3.63) is 0 Å². The van der Waals surface area contributed by atoms with Crippen molar-refractivity contribution in [1.82, 2.24) is 0 Å². The van der Waals surface area contributed by atoms with E-state index >= 15 is 0 Å². The van der Waals surface area contributed by atoms with Gasteiger partial charge in [0, 0.05) is 0 Å². The van der Waals surface area contributed by atoms with E-state index < -0.39 is 0 Å². The van der Waals surface area contributed by atoms with Crippen molar-refractivity contribution in [2.24, 2.45) is 5.92 Å². The first kappa shape index (κ1) is 7.07. The Labute approximate surface area is 57.1 Å². The lowest BCUT2D eigenvalue weighted by Gasteiger charge is -2.24. The molecule has 9 heavy (non-hydrogen) atoms. The summed E-state index contributed by atoms with van der Waals surface area (Å²) in [6.07, 6.45) is 5.93. The second-order valence-corrected chi connectivity index (χ2v) is 3.09. The molecule has 1 aliphatic carbocycles. The molecule has 1 fully saturated rings. The monoisotopic (exact) mass is 128 g/mol. The Morgan fingerprint density at radius 2 is 2.22 bits per heavy atom. The van der Waals surface area contributed by atoms with Gasteiger partial charge in [-0.2, -0.15) is 0 Å². The summed E-state index contributed by atoms with van der Waals surface area (Å²) in [6.45, 7) is 2.21. The van der Waals surface area contributed by atoms with Crippen LogP contribution in [0.3, 0.4) is 0 Å². The molecule has 1 N–H and O–H groups in total. The Morgan fingerprint density at radius 3 is 2.67 bits per heavy atom. The van der Waals surface area contributed by atoms with Gasteiger partial charge in [-0.3, -0.25) is 0 Å². The molecule has 1 nitrogen and oxygen atoms in total. The van der Waals surface area contributed by atoms with Crippen LogP contribution in [0.15, 0.2) is 0 Å². The maximum absolute atomic E-state index is 9.21. The highest BCUT2D eigenvalue weighted by atomic mass is 16.3. The summed E-state index contributed by atoms with van der Waals surface area (Å²) in [5.41, 5.74) is 0. The molecule has 0 aromatic rings. The van der Waals surface area contributed by atoms with Crippen LogP contribution < -0.4 is 0 Å². The molecule has 2 atom stereocenters. The Hall–Kier alpha value is -0.0400. The van der Waals surface area contributed by atoms with Crippen LogP contribution in [0.1, 0.15) is 39.0 Å². The van der Waals surface area contributed by atoms with Crippen LogP contribution in [-0.2, 0) is 0 Å². The molecule has 0 bridgehead atoms. The van der Waals surface area contributed by atoms with Gasteiger partial charge in [0.25, 0.3) is 0 Å². The topological polar surface area (TPSA) is 20.2 Å². The van der Waals surface area contributed by atoms with Gasteiger partial charge >= 0.3 is 0 Å². The summed E-state index contributed by atoms with van der Waals surface area (Å²) in [5.74, 6) is 0.814. The lowest BCUT2D eigenvalue weighted by Crippen LogP contribution is -2.18. The third-order valence-corrected chi connectivity index (χ3v) is 2.33. The molecule has 0 heterocycles. The average Bonchev–Trinajstić information content (AvgIpc) is 1.88. The van der Waals surface area contributed by atoms with Crippen LogP contribution in [0.5, 0.6) is 0 Å². The minimum atomic E-state index is 0.0173. The van der Waals surface area contributed by atoms with E-state index in [1.165, 1.54) is 19.3 Å². The third-order valence-electron chi connectivity index (χ3n) is 2.33. The SMILES string of the molecule is CCC1CCCC(O)C1. The molecular weight excluding hydrogens is 112 g/mol. The van der Waals surface area contributed by atoms with Crippen molar-refractivity contribution >= 4 is 0 Å². The minimum absolute atomic E-state index is 0.0173. The van der Waals surface area contributed by atoms with Gasteiger partial charge in [0.15, 0.2) is 0 Å². The highest BCUT2D eigenvalue weighted by molar-refractivity contribution is 4.70. The number of hydrogen-bond acceptors (Lipinski definition) is 1. The van der Waals surface area contributed by atoms with Gasteiger partial charge in [0.2, 0.25) is 0 Å². The van der Waals surface area contributed by atoms with Crippen molar-refractivity contribution in [3.8, 4) is 0 Å². The van der Waals surface area contributed by atoms with Gasteiger partial charge in [-0.1, -0.05) is 26.2 Å². The number of aliphatic hydroxyl groups is 1. The van der Waals surface area contributed by atoms with Crippen molar-refractivity contribution in [2.45, 2.75) is 45.1 Å². The molecule has 1 aliphatic rings. The van der Waals surface area contributed by atoms with Crippen LogP contribution >= 0.6 is 0 Å². The highest BCUT2D eigenvalue weighted by Crippen LogP contribution is 2.25. The van der Waals surface area contributed by atoms with Crippen molar-refractivity contribution < 1.29 is 5.11 Å². The van der Waals surface area contributed by atoms with Gasteiger partial charge < -0.3 is 5.11 Å². The predicted molar refractivity (Wildman–Crippen MR) is 38.3 cm³/mol. The second-order valence-electron chi connectivity index (χ2n) is 3.09. The van der Waals surface area contributed by atoms with E-state index in [-0.39, 0.29) is 6.10 Å². The molecule has 1 heteroatoms. The normalized spacial score (nSPS) is 36.7. The Kier molecular flexibility index (Phi) is 2.52. The summed E-state index contributed by atoms with van der Waals surface area (Å²) in [7, 11) is 0. The summed E-state index contributed by atoms with van der Waals surface area (Å²) in [5, 5.41) is 9.21. The first-order chi connectivity index (χ1) is 4.33. The lowest BCUT2D eigenvalue weighted by molar-refractivity contribution is 0.0998. The second kappa shape index (κ2) is 3.21. The fourth-order valence-electron chi connectivity index (χ4n) is 1.63. The van der Waals surface area contributed by atoms with Gasteiger partial charge in [-0.25, -0.2) is 0 Å². The molecule has 0 aromatic heterocycles. The molecule has 54 valence electrons. The molecule has 0 aromatic carbocycles. The van der Waals surface area contributed by atoms with Crippen LogP contribution in [0.25, 0.3) is 0 Å². The Morgan fingerprint density at radius 1 is 1.44 bits per heavy atom. The number of hydrogen-bond donors (Lipinski definition) is 1. The van der Waals surface area contributed by atoms with E-state index in [0.717, 1.165) is 18.8 Å². The smallest absolute Gasteiger partial charge is 0.0542 e. The zero-order valence-electron chi connectivity index (χ0n) is 6.14. The summed E-state index contributed by atoms with van der Waals surface area (Å²) >= 11 is 0. The highest BCUT2D eigenvalue weighted by Gasteiger charge is 2.17. The predicted octanol–water partition coefficient (Wildman–Crippen LogP) is 1.95.